The highest BCUT2D eigenvalue weighted by Crippen LogP contribution is 2.23. The van der Waals surface area contributed by atoms with E-state index >= 15 is 0 Å². The first kappa shape index (κ1) is 11.5. The summed E-state index contributed by atoms with van der Waals surface area (Å²) in [6.07, 6.45) is 1.69. The van der Waals surface area contributed by atoms with Gasteiger partial charge in [-0.25, -0.2) is 0 Å². The molecule has 4 heteroatoms. The molecule has 0 aliphatic heterocycles. The maximum atomic E-state index is 10.8. The molecule has 1 rings (SSSR count). The lowest BCUT2D eigenvalue weighted by molar-refractivity contribution is -0.385. The maximum Gasteiger partial charge on any atom is 0.274 e. The van der Waals surface area contributed by atoms with Crippen LogP contribution in [-0.2, 0) is 6.42 Å². The summed E-state index contributed by atoms with van der Waals surface area (Å²) < 4.78 is 0. The zero-order chi connectivity index (χ0) is 11.3. The molecule has 15 heavy (non-hydrogen) atoms. The lowest BCUT2D eigenvalue weighted by Crippen LogP contribution is -2.01. The number of nitro benzene ring substituents is 1. The van der Waals surface area contributed by atoms with E-state index < -0.39 is 0 Å². The van der Waals surface area contributed by atoms with Gasteiger partial charge in [-0.05, 0) is 18.9 Å². The molecule has 1 aromatic carbocycles. The van der Waals surface area contributed by atoms with Gasteiger partial charge >= 0.3 is 0 Å². The molecule has 0 saturated carbocycles. The van der Waals surface area contributed by atoms with Crippen molar-refractivity contribution in [3.63, 3.8) is 0 Å². The molecule has 0 unspecified atom stereocenters. The number of nitrogens with zero attached hydrogens (tertiary/aromatic N) is 1. The van der Waals surface area contributed by atoms with Crippen LogP contribution in [0.2, 0.25) is 0 Å². The lowest BCUT2D eigenvalue weighted by atomic mass is 10.1. The van der Waals surface area contributed by atoms with Crippen LogP contribution in [0.4, 0.5) is 11.4 Å². The van der Waals surface area contributed by atoms with Crippen molar-refractivity contribution < 1.29 is 4.92 Å². The van der Waals surface area contributed by atoms with Crippen LogP contribution in [0, 0.1) is 10.1 Å². The first-order chi connectivity index (χ1) is 7.19. The molecule has 0 aromatic heterocycles. The molecule has 1 N–H and O–H groups in total. The van der Waals surface area contributed by atoms with Crippen molar-refractivity contribution >= 4 is 11.4 Å². The number of aryl methyl sites for hydroxylation is 1. The average molecular weight is 208 g/mol. The van der Waals surface area contributed by atoms with E-state index in [0.717, 1.165) is 24.2 Å². The summed E-state index contributed by atoms with van der Waals surface area (Å²) in [5.74, 6) is 0. The Balaban J connectivity index is 2.94. The molecule has 1 aromatic rings. The first-order valence-electron chi connectivity index (χ1n) is 5.20. The van der Waals surface area contributed by atoms with Gasteiger partial charge in [-0.15, -0.1) is 0 Å². The van der Waals surface area contributed by atoms with E-state index in [1.807, 2.05) is 19.1 Å². The van der Waals surface area contributed by atoms with Gasteiger partial charge in [-0.2, -0.15) is 0 Å². The van der Waals surface area contributed by atoms with Crippen molar-refractivity contribution in [2.75, 3.05) is 11.9 Å². The van der Waals surface area contributed by atoms with Crippen molar-refractivity contribution in [1.82, 2.24) is 0 Å². The van der Waals surface area contributed by atoms with Gasteiger partial charge in [0.25, 0.3) is 5.69 Å². The molecule has 0 aliphatic carbocycles. The van der Waals surface area contributed by atoms with Gasteiger partial charge in [0.05, 0.1) is 4.92 Å². The Morgan fingerprint density at radius 1 is 1.40 bits per heavy atom. The van der Waals surface area contributed by atoms with Gasteiger partial charge in [0.1, 0.15) is 0 Å². The second-order valence-corrected chi connectivity index (χ2v) is 3.38. The molecule has 4 nitrogen and oxygen atoms in total. The van der Waals surface area contributed by atoms with Gasteiger partial charge in [0.15, 0.2) is 0 Å². The lowest BCUT2D eigenvalue weighted by Gasteiger charge is -2.06. The van der Waals surface area contributed by atoms with Gasteiger partial charge in [0, 0.05) is 23.9 Å². The fraction of sp³-hybridized carbons (Fsp3) is 0.455. The van der Waals surface area contributed by atoms with Gasteiger partial charge in [-0.3, -0.25) is 10.1 Å². The number of anilines is 1. The topological polar surface area (TPSA) is 55.2 Å². The summed E-state index contributed by atoms with van der Waals surface area (Å²) >= 11 is 0. The van der Waals surface area contributed by atoms with Crippen LogP contribution in [0.1, 0.15) is 25.8 Å². The minimum absolute atomic E-state index is 0.207. The predicted molar refractivity (Wildman–Crippen MR) is 61.3 cm³/mol. The quantitative estimate of drug-likeness (QED) is 0.597. The summed E-state index contributed by atoms with van der Waals surface area (Å²) in [5.41, 5.74) is 1.81. The maximum absolute atomic E-state index is 10.8. The Morgan fingerprint density at radius 2 is 2.13 bits per heavy atom. The molecule has 0 amide bonds. The average Bonchev–Trinajstić information content (AvgIpc) is 2.25. The van der Waals surface area contributed by atoms with Crippen LogP contribution < -0.4 is 5.32 Å². The molecule has 0 bridgehead atoms. The smallest absolute Gasteiger partial charge is 0.274 e. The SMILES string of the molecule is CCCNc1ccc(CC)c([N+](=O)[O-])c1. The van der Waals surface area contributed by atoms with Crippen LogP contribution in [0.25, 0.3) is 0 Å². The zero-order valence-corrected chi connectivity index (χ0v) is 9.12. The van der Waals surface area contributed by atoms with Gasteiger partial charge in [-0.1, -0.05) is 19.9 Å². The number of hydrogen-bond donors (Lipinski definition) is 1. The third-order valence-electron chi connectivity index (χ3n) is 2.24. The molecule has 82 valence electrons. The summed E-state index contributed by atoms with van der Waals surface area (Å²) in [6, 6.07) is 5.31. The Morgan fingerprint density at radius 3 is 2.67 bits per heavy atom. The third kappa shape index (κ3) is 2.94. The van der Waals surface area contributed by atoms with Crippen LogP contribution in [-0.4, -0.2) is 11.5 Å². The molecule has 0 spiro atoms. The molecule has 0 radical (unpaired) electrons. The zero-order valence-electron chi connectivity index (χ0n) is 9.12. The minimum Gasteiger partial charge on any atom is -0.385 e. The molecular formula is C11H16N2O2. The molecule has 0 saturated heterocycles. The number of hydrogen-bond acceptors (Lipinski definition) is 3. The van der Waals surface area contributed by atoms with E-state index in [0.29, 0.717) is 6.42 Å². The molecule has 0 heterocycles. The minimum atomic E-state index is -0.323. The van der Waals surface area contributed by atoms with Gasteiger partial charge in [0.2, 0.25) is 0 Å². The predicted octanol–water partition coefficient (Wildman–Crippen LogP) is 2.98. The Hall–Kier alpha value is -1.58. The summed E-state index contributed by atoms with van der Waals surface area (Å²) in [5, 5.41) is 13.9. The molecular weight excluding hydrogens is 192 g/mol. The van der Waals surface area contributed by atoms with E-state index in [1.54, 1.807) is 6.07 Å². The molecule has 0 atom stereocenters. The third-order valence-corrected chi connectivity index (χ3v) is 2.24. The van der Waals surface area contributed by atoms with E-state index in [4.69, 9.17) is 0 Å². The highest BCUT2D eigenvalue weighted by Gasteiger charge is 2.12. The van der Waals surface area contributed by atoms with Crippen LogP contribution in [0.5, 0.6) is 0 Å². The van der Waals surface area contributed by atoms with Crippen LogP contribution in [0.15, 0.2) is 18.2 Å². The summed E-state index contributed by atoms with van der Waals surface area (Å²) in [4.78, 5) is 10.5. The highest BCUT2D eigenvalue weighted by atomic mass is 16.6. The summed E-state index contributed by atoms with van der Waals surface area (Å²) in [7, 11) is 0. The largest absolute Gasteiger partial charge is 0.385 e. The highest BCUT2D eigenvalue weighted by molar-refractivity contribution is 5.55. The number of benzene rings is 1. The van der Waals surface area contributed by atoms with Crippen LogP contribution >= 0.6 is 0 Å². The van der Waals surface area contributed by atoms with Crippen molar-refractivity contribution in [1.29, 1.82) is 0 Å². The Bertz CT molecular complexity index is 350. The standard InChI is InChI=1S/C11H16N2O2/c1-3-7-12-10-6-5-9(4-2)11(8-10)13(14)15/h5-6,8,12H,3-4,7H2,1-2H3. The summed E-state index contributed by atoms with van der Waals surface area (Å²) in [6.45, 7) is 4.81. The van der Waals surface area contributed by atoms with E-state index in [2.05, 4.69) is 12.2 Å². The van der Waals surface area contributed by atoms with Crippen molar-refractivity contribution in [2.24, 2.45) is 0 Å². The Kier molecular flexibility index (Phi) is 4.09. The number of nitro groups is 1. The normalized spacial score (nSPS) is 10.0. The number of nitrogens with one attached hydrogen (secondary N) is 1. The monoisotopic (exact) mass is 208 g/mol. The first-order valence-corrected chi connectivity index (χ1v) is 5.20. The van der Waals surface area contributed by atoms with E-state index in [9.17, 15) is 10.1 Å². The molecule has 0 aliphatic rings. The van der Waals surface area contributed by atoms with Crippen molar-refractivity contribution in [2.45, 2.75) is 26.7 Å². The van der Waals surface area contributed by atoms with Crippen molar-refractivity contribution in [3.05, 3.63) is 33.9 Å². The van der Waals surface area contributed by atoms with Gasteiger partial charge < -0.3 is 5.32 Å². The van der Waals surface area contributed by atoms with Crippen molar-refractivity contribution in [3.8, 4) is 0 Å². The second-order valence-electron chi connectivity index (χ2n) is 3.38. The second kappa shape index (κ2) is 5.34. The fourth-order valence-electron chi connectivity index (χ4n) is 1.41. The number of rotatable bonds is 5. The fourth-order valence-corrected chi connectivity index (χ4v) is 1.41. The Labute approximate surface area is 89.5 Å². The van der Waals surface area contributed by atoms with E-state index in [1.165, 1.54) is 0 Å². The van der Waals surface area contributed by atoms with E-state index in [-0.39, 0.29) is 10.6 Å². The molecule has 0 fully saturated rings. The van der Waals surface area contributed by atoms with Crippen LogP contribution in [0.3, 0.4) is 0 Å².